The molecule has 2 unspecified atom stereocenters. The lowest BCUT2D eigenvalue weighted by Gasteiger charge is -2.40. The van der Waals surface area contributed by atoms with Gasteiger partial charge in [0.2, 0.25) is 0 Å². The third-order valence-electron chi connectivity index (χ3n) is 3.88. The first-order valence-corrected chi connectivity index (χ1v) is 6.93. The molecule has 0 spiro atoms. The van der Waals surface area contributed by atoms with Crippen LogP contribution in [0.2, 0.25) is 5.02 Å². The zero-order valence-corrected chi connectivity index (χ0v) is 11.9. The minimum absolute atomic E-state index is 0.0250. The maximum atomic E-state index is 13.7. The van der Waals surface area contributed by atoms with E-state index < -0.39 is 10.7 Å². The van der Waals surface area contributed by atoms with E-state index in [0.717, 1.165) is 25.0 Å². The molecule has 0 saturated carbocycles. The second kappa shape index (κ2) is 5.93. The summed E-state index contributed by atoms with van der Waals surface area (Å²) in [7, 11) is 0. The van der Waals surface area contributed by atoms with Gasteiger partial charge >= 0.3 is 0 Å². The Kier molecular flexibility index (Phi) is 4.45. The standard InChI is InChI=1S/C13H17ClFN3O2/c1-8-3-2-4-17(13(8)7-16)11-6-10(15)9(14)5-12(11)18(19)20/h5-6,8,13H,2-4,7,16H2,1H3. The fourth-order valence-corrected chi connectivity index (χ4v) is 2.97. The highest BCUT2D eigenvalue weighted by Gasteiger charge is 2.32. The van der Waals surface area contributed by atoms with E-state index in [0.29, 0.717) is 19.0 Å². The van der Waals surface area contributed by atoms with Crippen molar-refractivity contribution < 1.29 is 9.31 Å². The highest BCUT2D eigenvalue weighted by molar-refractivity contribution is 6.31. The van der Waals surface area contributed by atoms with Gasteiger partial charge in [-0.2, -0.15) is 0 Å². The lowest BCUT2D eigenvalue weighted by Crippen LogP contribution is -2.49. The topological polar surface area (TPSA) is 72.4 Å². The van der Waals surface area contributed by atoms with Crippen molar-refractivity contribution in [3.63, 3.8) is 0 Å². The molecule has 1 fully saturated rings. The molecule has 0 radical (unpaired) electrons. The SMILES string of the molecule is CC1CCCN(c2cc(F)c(Cl)cc2[N+](=O)[O-])C1CN. The number of anilines is 1. The molecular weight excluding hydrogens is 285 g/mol. The second-order valence-corrected chi connectivity index (χ2v) is 5.54. The highest BCUT2D eigenvalue weighted by atomic mass is 35.5. The van der Waals surface area contributed by atoms with E-state index in [-0.39, 0.29) is 22.4 Å². The van der Waals surface area contributed by atoms with Crippen molar-refractivity contribution in [1.29, 1.82) is 0 Å². The average molecular weight is 302 g/mol. The molecule has 2 N–H and O–H groups in total. The maximum Gasteiger partial charge on any atom is 0.294 e. The van der Waals surface area contributed by atoms with Gasteiger partial charge in [0, 0.05) is 31.3 Å². The van der Waals surface area contributed by atoms with E-state index in [1.165, 1.54) is 0 Å². The minimum atomic E-state index is -0.652. The van der Waals surface area contributed by atoms with Crippen molar-refractivity contribution in [2.45, 2.75) is 25.8 Å². The molecule has 1 aromatic carbocycles. The number of nitro groups is 1. The van der Waals surface area contributed by atoms with Crippen LogP contribution < -0.4 is 10.6 Å². The van der Waals surface area contributed by atoms with E-state index >= 15 is 0 Å². The Balaban J connectivity index is 2.49. The Morgan fingerprint density at radius 1 is 1.60 bits per heavy atom. The number of benzene rings is 1. The molecular formula is C13H17ClFN3O2. The third-order valence-corrected chi connectivity index (χ3v) is 4.17. The van der Waals surface area contributed by atoms with E-state index in [9.17, 15) is 14.5 Å². The molecule has 7 heteroatoms. The van der Waals surface area contributed by atoms with Gasteiger partial charge in [-0.15, -0.1) is 0 Å². The Morgan fingerprint density at radius 3 is 2.90 bits per heavy atom. The largest absolute Gasteiger partial charge is 0.361 e. The summed E-state index contributed by atoms with van der Waals surface area (Å²) in [6.45, 7) is 3.07. The molecule has 0 bridgehead atoms. The zero-order valence-electron chi connectivity index (χ0n) is 11.2. The van der Waals surface area contributed by atoms with Gasteiger partial charge in [-0.05, 0) is 18.8 Å². The third kappa shape index (κ3) is 2.71. The monoisotopic (exact) mass is 301 g/mol. The smallest absolute Gasteiger partial charge is 0.294 e. The molecule has 0 aliphatic carbocycles. The van der Waals surface area contributed by atoms with Crippen LogP contribution in [0.15, 0.2) is 12.1 Å². The molecule has 0 aromatic heterocycles. The van der Waals surface area contributed by atoms with Crippen LogP contribution in [0.3, 0.4) is 0 Å². The predicted molar refractivity (Wildman–Crippen MR) is 76.7 cm³/mol. The van der Waals surface area contributed by atoms with Crippen molar-refractivity contribution in [2.75, 3.05) is 18.0 Å². The normalized spacial score (nSPS) is 22.9. The van der Waals surface area contributed by atoms with Crippen molar-refractivity contribution >= 4 is 23.0 Å². The summed E-state index contributed by atoms with van der Waals surface area (Å²) < 4.78 is 13.7. The zero-order chi connectivity index (χ0) is 14.9. The first-order valence-electron chi connectivity index (χ1n) is 6.55. The molecule has 1 saturated heterocycles. The van der Waals surface area contributed by atoms with Crippen molar-refractivity contribution in [2.24, 2.45) is 11.7 Å². The molecule has 1 aliphatic heterocycles. The Morgan fingerprint density at radius 2 is 2.30 bits per heavy atom. The van der Waals surface area contributed by atoms with E-state index in [4.69, 9.17) is 17.3 Å². The second-order valence-electron chi connectivity index (χ2n) is 5.13. The number of halogens is 2. The highest BCUT2D eigenvalue weighted by Crippen LogP contribution is 2.37. The minimum Gasteiger partial charge on any atom is -0.361 e. The van der Waals surface area contributed by atoms with Gasteiger partial charge in [0.05, 0.1) is 9.95 Å². The number of nitro benzene ring substituents is 1. The number of rotatable bonds is 3. The van der Waals surface area contributed by atoms with Crippen LogP contribution in [0.5, 0.6) is 0 Å². The predicted octanol–water partition coefficient (Wildman–Crippen LogP) is 2.95. The van der Waals surface area contributed by atoms with Crippen molar-refractivity contribution in [3.05, 3.63) is 33.1 Å². The van der Waals surface area contributed by atoms with E-state index in [1.807, 2.05) is 4.90 Å². The van der Waals surface area contributed by atoms with Gasteiger partial charge in [0.15, 0.2) is 0 Å². The summed E-state index contributed by atoms with van der Waals surface area (Å²) in [5, 5.41) is 10.9. The quantitative estimate of drug-likeness (QED) is 0.688. The lowest BCUT2D eigenvalue weighted by molar-refractivity contribution is -0.384. The molecule has 2 atom stereocenters. The van der Waals surface area contributed by atoms with Gasteiger partial charge in [-0.3, -0.25) is 10.1 Å². The van der Waals surface area contributed by atoms with Crippen LogP contribution in [0.25, 0.3) is 0 Å². The maximum absolute atomic E-state index is 13.7. The summed E-state index contributed by atoms with van der Waals surface area (Å²) in [6.07, 6.45) is 1.92. The van der Waals surface area contributed by atoms with Crippen molar-refractivity contribution in [1.82, 2.24) is 0 Å². The van der Waals surface area contributed by atoms with E-state index in [1.54, 1.807) is 0 Å². The fraction of sp³-hybridized carbons (Fsp3) is 0.538. The van der Waals surface area contributed by atoms with Gasteiger partial charge in [0.25, 0.3) is 5.69 Å². The molecule has 110 valence electrons. The van der Waals surface area contributed by atoms with Crippen LogP contribution in [-0.4, -0.2) is 24.1 Å². The molecule has 1 heterocycles. The average Bonchev–Trinajstić information content (AvgIpc) is 2.40. The van der Waals surface area contributed by atoms with Crippen LogP contribution in [0.4, 0.5) is 15.8 Å². The summed E-state index contributed by atoms with van der Waals surface area (Å²) in [4.78, 5) is 12.5. The van der Waals surface area contributed by atoms with Gasteiger partial charge in [-0.1, -0.05) is 18.5 Å². The van der Waals surface area contributed by atoms with Crippen LogP contribution in [0.1, 0.15) is 19.8 Å². The Hall–Kier alpha value is -1.40. The number of hydrogen-bond acceptors (Lipinski definition) is 4. The molecule has 0 amide bonds. The molecule has 20 heavy (non-hydrogen) atoms. The van der Waals surface area contributed by atoms with Gasteiger partial charge in [0.1, 0.15) is 11.5 Å². The molecule has 5 nitrogen and oxygen atoms in total. The number of nitrogens with two attached hydrogens (primary N) is 1. The van der Waals surface area contributed by atoms with Crippen LogP contribution >= 0.6 is 11.6 Å². The van der Waals surface area contributed by atoms with Crippen LogP contribution in [-0.2, 0) is 0 Å². The number of hydrogen-bond donors (Lipinski definition) is 1. The first-order chi connectivity index (χ1) is 9.45. The van der Waals surface area contributed by atoms with Gasteiger partial charge < -0.3 is 10.6 Å². The summed E-state index contributed by atoms with van der Waals surface area (Å²) >= 11 is 5.65. The number of nitrogens with zero attached hydrogens (tertiary/aromatic N) is 2. The summed E-state index contributed by atoms with van der Waals surface area (Å²) in [6, 6.07) is 2.18. The lowest BCUT2D eigenvalue weighted by atomic mass is 9.90. The van der Waals surface area contributed by atoms with Gasteiger partial charge in [-0.25, -0.2) is 4.39 Å². The summed E-state index contributed by atoms with van der Waals surface area (Å²) in [5.41, 5.74) is 5.87. The summed E-state index contributed by atoms with van der Waals surface area (Å²) in [5.74, 6) is -0.339. The Bertz CT molecular complexity index is 527. The molecule has 2 rings (SSSR count). The van der Waals surface area contributed by atoms with Crippen LogP contribution in [0, 0.1) is 21.8 Å². The molecule has 1 aliphatic rings. The van der Waals surface area contributed by atoms with E-state index in [2.05, 4.69) is 6.92 Å². The molecule has 1 aromatic rings. The fourth-order valence-electron chi connectivity index (χ4n) is 2.81. The number of piperidine rings is 1. The van der Waals surface area contributed by atoms with Crippen molar-refractivity contribution in [3.8, 4) is 0 Å². The Labute approximate surface area is 121 Å². The first kappa shape index (κ1) is 15.0.